The quantitative estimate of drug-likeness (QED) is 0.263. The summed E-state index contributed by atoms with van der Waals surface area (Å²) in [5, 5.41) is 0. The molecule has 3 aromatic carbocycles. The normalized spacial score (nSPS) is 14.3. The Bertz CT molecular complexity index is 1390. The molecule has 232 valence electrons. The molecule has 1 heterocycles. The molecule has 3 aromatic rings. The van der Waals surface area contributed by atoms with Gasteiger partial charge in [-0.1, -0.05) is 30.3 Å². The minimum absolute atomic E-state index is 0.115. The second-order valence-corrected chi connectivity index (χ2v) is 11.5. The molecule has 0 bridgehead atoms. The lowest BCUT2D eigenvalue weighted by molar-refractivity contribution is -0.137. The van der Waals surface area contributed by atoms with Gasteiger partial charge in [-0.25, -0.2) is 4.79 Å². The van der Waals surface area contributed by atoms with Gasteiger partial charge in [-0.05, 0) is 80.6 Å². The summed E-state index contributed by atoms with van der Waals surface area (Å²) < 4.78 is 64.6. The number of para-hydroxylation sites is 1. The molecule has 0 saturated carbocycles. The third-order valence-corrected chi connectivity index (χ3v) is 7.35. The van der Waals surface area contributed by atoms with Crippen molar-refractivity contribution in [2.75, 3.05) is 39.3 Å². The Hall–Kier alpha value is -4.08. The predicted molar refractivity (Wildman–Crippen MR) is 160 cm³/mol. The Labute approximate surface area is 251 Å². The number of likely N-dealkylation sites (tertiary alicyclic amines) is 1. The summed E-state index contributed by atoms with van der Waals surface area (Å²) in [5.74, 6) is 1.47. The first kappa shape index (κ1) is 31.8. The maximum atomic E-state index is 14.2. The molecule has 7 nitrogen and oxygen atoms in total. The van der Waals surface area contributed by atoms with Gasteiger partial charge < -0.3 is 28.7 Å². The van der Waals surface area contributed by atoms with E-state index in [4.69, 9.17) is 18.9 Å². The molecule has 1 fully saturated rings. The summed E-state index contributed by atoms with van der Waals surface area (Å²) >= 11 is 0. The highest BCUT2D eigenvalue weighted by atomic mass is 19.4. The molecular weight excluding hydrogens is 561 g/mol. The zero-order chi connectivity index (χ0) is 31.4. The molecule has 0 N–H and O–H groups in total. The molecule has 4 rings (SSSR count). The lowest BCUT2D eigenvalue weighted by Gasteiger charge is -2.41. The van der Waals surface area contributed by atoms with E-state index >= 15 is 0 Å². The number of carbonyl (C=O) groups is 1. The van der Waals surface area contributed by atoms with Gasteiger partial charge in [-0.2, -0.15) is 13.2 Å². The fraction of sp³-hybridized carbons (Fsp3) is 0.424. The van der Waals surface area contributed by atoms with Crippen molar-refractivity contribution >= 4 is 11.8 Å². The van der Waals surface area contributed by atoms with Crippen molar-refractivity contribution in [3.8, 4) is 28.4 Å². The Morgan fingerprint density at radius 2 is 1.49 bits per heavy atom. The minimum Gasteiger partial charge on any atom is -0.493 e. The van der Waals surface area contributed by atoms with E-state index in [2.05, 4.69) is 0 Å². The summed E-state index contributed by atoms with van der Waals surface area (Å²) in [6.45, 7) is 6.42. The number of anilines is 1. The summed E-state index contributed by atoms with van der Waals surface area (Å²) in [6.07, 6.45) is -3.94. The molecule has 0 aromatic heterocycles. The van der Waals surface area contributed by atoms with Crippen LogP contribution in [0.25, 0.3) is 11.1 Å². The third kappa shape index (κ3) is 7.66. The molecule has 0 spiro atoms. The molecule has 0 aliphatic carbocycles. The highest BCUT2D eigenvalue weighted by Crippen LogP contribution is 2.42. The van der Waals surface area contributed by atoms with Crippen LogP contribution in [0.1, 0.15) is 44.7 Å². The van der Waals surface area contributed by atoms with Crippen LogP contribution in [0.2, 0.25) is 0 Å². The average molecular weight is 601 g/mol. The van der Waals surface area contributed by atoms with Gasteiger partial charge in [0.15, 0.2) is 11.5 Å². The average Bonchev–Trinajstić information content (AvgIpc) is 2.98. The maximum Gasteiger partial charge on any atom is 0.418 e. The third-order valence-electron chi connectivity index (χ3n) is 7.35. The number of benzene rings is 3. The number of alkyl halides is 3. The highest BCUT2D eigenvalue weighted by molar-refractivity contribution is 5.72. The van der Waals surface area contributed by atoms with Crippen molar-refractivity contribution in [2.24, 2.45) is 0 Å². The molecule has 10 heteroatoms. The van der Waals surface area contributed by atoms with E-state index in [9.17, 15) is 18.0 Å². The van der Waals surface area contributed by atoms with E-state index in [0.717, 1.165) is 22.8 Å². The number of hydrogen-bond donors (Lipinski definition) is 0. The number of rotatable bonds is 8. The van der Waals surface area contributed by atoms with E-state index in [-0.39, 0.29) is 18.3 Å². The van der Waals surface area contributed by atoms with Gasteiger partial charge in [-0.3, -0.25) is 0 Å². The van der Waals surface area contributed by atoms with Crippen molar-refractivity contribution in [3.05, 3.63) is 71.8 Å². The Kier molecular flexibility index (Phi) is 9.67. The summed E-state index contributed by atoms with van der Waals surface area (Å²) in [5.41, 5.74) is 1.28. The van der Waals surface area contributed by atoms with Gasteiger partial charge in [0, 0.05) is 31.4 Å². The first-order valence-corrected chi connectivity index (χ1v) is 14.1. The molecule has 1 aliphatic heterocycles. The van der Waals surface area contributed by atoms with Crippen LogP contribution in [-0.2, 0) is 17.5 Å². The summed E-state index contributed by atoms with van der Waals surface area (Å²) in [7, 11) is 4.62. The lowest BCUT2D eigenvalue weighted by Crippen LogP contribution is -2.48. The fourth-order valence-electron chi connectivity index (χ4n) is 5.36. The second-order valence-electron chi connectivity index (χ2n) is 11.5. The number of ether oxygens (including phenoxy) is 4. The van der Waals surface area contributed by atoms with E-state index < -0.39 is 23.4 Å². The standard InChI is InChI=1S/C33H39F3N2O5/c1-32(2,3)43-31(39)37-16-14-25(15-17-37)38(27-13-8-7-12-26(27)33(34,35)36)21-22-10-9-11-23(18-22)24-19-28(40-4)30(42-6)29(20-24)41-5/h7-13,18-20,25H,14-17,21H2,1-6H3. The zero-order valence-corrected chi connectivity index (χ0v) is 25.5. The molecule has 0 unspecified atom stereocenters. The SMILES string of the molecule is COc1cc(-c2cccc(CN(c3ccccc3C(F)(F)F)C3CCN(C(=O)OC(C)(C)C)CC3)c2)cc(OC)c1OC. The predicted octanol–water partition coefficient (Wildman–Crippen LogP) is 7.80. The number of piperidine rings is 1. The van der Waals surface area contributed by atoms with Gasteiger partial charge in [0.1, 0.15) is 5.60 Å². The number of methoxy groups -OCH3 is 3. The van der Waals surface area contributed by atoms with Crippen LogP contribution in [0.3, 0.4) is 0 Å². The van der Waals surface area contributed by atoms with Crippen molar-refractivity contribution in [2.45, 2.75) is 58.0 Å². The monoisotopic (exact) mass is 600 g/mol. The van der Waals surface area contributed by atoms with E-state index in [1.54, 1.807) is 46.0 Å². The number of halogens is 3. The topological polar surface area (TPSA) is 60.5 Å². The van der Waals surface area contributed by atoms with Gasteiger partial charge >= 0.3 is 12.3 Å². The molecular formula is C33H39F3N2O5. The molecule has 1 amide bonds. The Morgan fingerprint density at radius 1 is 0.860 bits per heavy atom. The van der Waals surface area contributed by atoms with Crippen LogP contribution >= 0.6 is 0 Å². The smallest absolute Gasteiger partial charge is 0.418 e. The largest absolute Gasteiger partial charge is 0.493 e. The Balaban J connectivity index is 1.67. The highest BCUT2D eigenvalue weighted by Gasteiger charge is 2.37. The number of nitrogens with zero attached hydrogens (tertiary/aromatic N) is 2. The van der Waals surface area contributed by atoms with E-state index in [1.807, 2.05) is 41.3 Å². The number of amides is 1. The Morgan fingerprint density at radius 3 is 2.05 bits per heavy atom. The van der Waals surface area contributed by atoms with Gasteiger partial charge in [0.25, 0.3) is 0 Å². The zero-order valence-electron chi connectivity index (χ0n) is 25.5. The van der Waals surface area contributed by atoms with Crippen LogP contribution in [0.15, 0.2) is 60.7 Å². The van der Waals surface area contributed by atoms with Crippen LogP contribution in [0, 0.1) is 0 Å². The molecule has 43 heavy (non-hydrogen) atoms. The van der Waals surface area contributed by atoms with Crippen molar-refractivity contribution in [1.82, 2.24) is 4.90 Å². The van der Waals surface area contributed by atoms with Crippen molar-refractivity contribution in [1.29, 1.82) is 0 Å². The number of carbonyl (C=O) groups excluding carboxylic acids is 1. The fourth-order valence-corrected chi connectivity index (χ4v) is 5.36. The summed E-state index contributed by atoms with van der Waals surface area (Å²) in [6, 6.07) is 16.8. The second kappa shape index (κ2) is 13.1. The first-order valence-electron chi connectivity index (χ1n) is 14.1. The lowest BCUT2D eigenvalue weighted by atomic mass is 9.98. The van der Waals surface area contributed by atoms with Crippen LogP contribution in [-0.4, -0.2) is 57.1 Å². The first-order chi connectivity index (χ1) is 20.3. The van der Waals surface area contributed by atoms with Gasteiger partial charge in [-0.15, -0.1) is 0 Å². The molecule has 0 atom stereocenters. The van der Waals surface area contributed by atoms with Crippen molar-refractivity contribution in [3.63, 3.8) is 0 Å². The molecule has 1 saturated heterocycles. The molecule has 0 radical (unpaired) electrons. The van der Waals surface area contributed by atoms with Crippen LogP contribution in [0.5, 0.6) is 17.2 Å². The number of hydrogen-bond acceptors (Lipinski definition) is 6. The summed E-state index contributed by atoms with van der Waals surface area (Å²) in [4.78, 5) is 16.1. The minimum atomic E-state index is -4.52. The maximum absolute atomic E-state index is 14.2. The van der Waals surface area contributed by atoms with Crippen LogP contribution in [0.4, 0.5) is 23.7 Å². The van der Waals surface area contributed by atoms with Gasteiger partial charge in [0.2, 0.25) is 5.75 Å². The van der Waals surface area contributed by atoms with Crippen LogP contribution < -0.4 is 19.1 Å². The van der Waals surface area contributed by atoms with E-state index in [1.165, 1.54) is 19.2 Å². The van der Waals surface area contributed by atoms with E-state index in [0.29, 0.717) is 43.2 Å². The van der Waals surface area contributed by atoms with Gasteiger partial charge in [0.05, 0.1) is 26.9 Å². The molecule has 1 aliphatic rings. The van der Waals surface area contributed by atoms with Crippen molar-refractivity contribution < 1.29 is 36.9 Å².